The van der Waals surface area contributed by atoms with Crippen molar-refractivity contribution < 1.29 is 4.74 Å². The van der Waals surface area contributed by atoms with Crippen molar-refractivity contribution in [3.05, 3.63) is 45.9 Å². The molecule has 0 atom stereocenters. The highest BCUT2D eigenvalue weighted by Crippen LogP contribution is 2.08. The number of hydrogen-bond acceptors (Lipinski definition) is 4. The molecule has 0 aliphatic carbocycles. The Hall–Kier alpha value is -1.90. The number of nitrogens with zero attached hydrogens (tertiary/aromatic N) is 3. The summed E-state index contributed by atoms with van der Waals surface area (Å²) < 4.78 is 7.01. The van der Waals surface area contributed by atoms with Crippen molar-refractivity contribution in [2.45, 2.75) is 32.9 Å². The van der Waals surface area contributed by atoms with E-state index in [1.807, 2.05) is 12.3 Å². The molecule has 0 amide bonds. The lowest BCUT2D eigenvalue weighted by molar-refractivity contribution is 0.0341. The van der Waals surface area contributed by atoms with E-state index in [0.717, 1.165) is 51.3 Å². The molecule has 0 unspecified atom stereocenters. The number of ether oxygens (including phenoxy) is 1. The quantitative estimate of drug-likeness (QED) is 0.753. The predicted octanol–water partition coefficient (Wildman–Crippen LogP) is 1.91. The van der Waals surface area contributed by atoms with Gasteiger partial charge in [-0.15, -0.1) is 0 Å². The topological polar surface area (TPSA) is 58.3 Å². The van der Waals surface area contributed by atoms with Crippen molar-refractivity contribution in [3.8, 4) is 6.07 Å². The van der Waals surface area contributed by atoms with Crippen LogP contribution in [0, 0.1) is 11.3 Å². The van der Waals surface area contributed by atoms with Crippen LogP contribution < -0.4 is 5.56 Å². The second-order valence-electron chi connectivity index (χ2n) is 5.43. The summed E-state index contributed by atoms with van der Waals surface area (Å²) in [6.07, 6.45) is 7.86. The van der Waals surface area contributed by atoms with E-state index in [4.69, 9.17) is 4.74 Å². The Bertz CT molecular complexity index is 607. The zero-order valence-electron chi connectivity index (χ0n) is 13.1. The average Bonchev–Trinajstić information content (AvgIpc) is 2.55. The number of morpholine rings is 1. The number of allylic oxidation sites excluding steroid dienone is 2. The highest BCUT2D eigenvalue weighted by molar-refractivity contribution is 5.30. The van der Waals surface area contributed by atoms with Crippen LogP contribution >= 0.6 is 0 Å². The van der Waals surface area contributed by atoms with E-state index < -0.39 is 0 Å². The van der Waals surface area contributed by atoms with Crippen LogP contribution in [-0.2, 0) is 17.8 Å². The van der Waals surface area contributed by atoms with Gasteiger partial charge >= 0.3 is 0 Å². The molecular formula is C17H23N3O2. The van der Waals surface area contributed by atoms with Crippen LogP contribution in [0.5, 0.6) is 0 Å². The zero-order chi connectivity index (χ0) is 15.8. The Labute approximate surface area is 131 Å². The first-order valence-electron chi connectivity index (χ1n) is 7.83. The SMILES string of the molecule is CC/C=C/CCn1cc(CN2CCOCC2)cc(C#N)c1=O. The first kappa shape index (κ1) is 16.5. The van der Waals surface area contributed by atoms with Crippen LogP contribution in [0.1, 0.15) is 30.9 Å². The fourth-order valence-corrected chi connectivity index (χ4v) is 2.55. The van der Waals surface area contributed by atoms with Gasteiger partial charge in [0.1, 0.15) is 11.6 Å². The van der Waals surface area contributed by atoms with Crippen molar-refractivity contribution in [2.75, 3.05) is 26.3 Å². The van der Waals surface area contributed by atoms with Gasteiger partial charge in [-0.2, -0.15) is 5.26 Å². The minimum absolute atomic E-state index is 0.196. The van der Waals surface area contributed by atoms with Gasteiger partial charge in [0.15, 0.2) is 0 Å². The van der Waals surface area contributed by atoms with Gasteiger partial charge in [-0.25, -0.2) is 0 Å². The van der Waals surface area contributed by atoms with Gasteiger partial charge < -0.3 is 9.30 Å². The lowest BCUT2D eigenvalue weighted by atomic mass is 10.2. The molecule has 2 heterocycles. The molecule has 1 aliphatic heterocycles. The van der Waals surface area contributed by atoms with Crippen LogP contribution in [0.15, 0.2) is 29.2 Å². The summed E-state index contributed by atoms with van der Waals surface area (Å²) in [5, 5.41) is 9.17. The summed E-state index contributed by atoms with van der Waals surface area (Å²) >= 11 is 0. The number of aromatic nitrogens is 1. The summed E-state index contributed by atoms with van der Waals surface area (Å²) in [7, 11) is 0. The van der Waals surface area contributed by atoms with Crippen LogP contribution in [0.25, 0.3) is 0 Å². The maximum Gasteiger partial charge on any atom is 0.268 e. The maximum absolute atomic E-state index is 12.2. The van der Waals surface area contributed by atoms with E-state index in [-0.39, 0.29) is 11.1 Å². The van der Waals surface area contributed by atoms with Crippen molar-refractivity contribution in [2.24, 2.45) is 0 Å². The Morgan fingerprint density at radius 1 is 1.36 bits per heavy atom. The molecule has 1 aromatic rings. The maximum atomic E-state index is 12.2. The molecule has 1 aromatic heterocycles. The average molecular weight is 301 g/mol. The number of nitriles is 1. The molecule has 5 heteroatoms. The second kappa shape index (κ2) is 8.52. The lowest BCUT2D eigenvalue weighted by Crippen LogP contribution is -2.36. The molecule has 0 saturated carbocycles. The molecule has 22 heavy (non-hydrogen) atoms. The van der Waals surface area contributed by atoms with Gasteiger partial charge in [-0.05, 0) is 24.5 Å². The van der Waals surface area contributed by atoms with Crippen molar-refractivity contribution >= 4 is 0 Å². The number of rotatable bonds is 6. The number of pyridine rings is 1. The predicted molar refractivity (Wildman–Crippen MR) is 85.6 cm³/mol. The van der Waals surface area contributed by atoms with Crippen molar-refractivity contribution in [1.82, 2.24) is 9.47 Å². The Morgan fingerprint density at radius 3 is 2.82 bits per heavy atom. The fraction of sp³-hybridized carbons (Fsp3) is 0.529. The number of hydrogen-bond donors (Lipinski definition) is 0. The molecule has 0 radical (unpaired) electrons. The number of aryl methyl sites for hydroxylation is 1. The van der Waals surface area contributed by atoms with Gasteiger partial charge in [-0.3, -0.25) is 9.69 Å². The van der Waals surface area contributed by atoms with Crippen LogP contribution in [-0.4, -0.2) is 35.8 Å². The third kappa shape index (κ3) is 4.55. The van der Waals surface area contributed by atoms with E-state index in [0.29, 0.717) is 6.54 Å². The smallest absolute Gasteiger partial charge is 0.268 e. The van der Waals surface area contributed by atoms with E-state index in [1.165, 1.54) is 0 Å². The van der Waals surface area contributed by atoms with Gasteiger partial charge in [0.25, 0.3) is 5.56 Å². The van der Waals surface area contributed by atoms with E-state index >= 15 is 0 Å². The second-order valence-corrected chi connectivity index (χ2v) is 5.43. The van der Waals surface area contributed by atoms with E-state index in [9.17, 15) is 10.1 Å². The Kier molecular flexibility index (Phi) is 6.38. The minimum atomic E-state index is -0.196. The zero-order valence-corrected chi connectivity index (χ0v) is 13.1. The van der Waals surface area contributed by atoms with Gasteiger partial charge in [-0.1, -0.05) is 19.1 Å². The summed E-state index contributed by atoms with van der Waals surface area (Å²) in [5.41, 5.74) is 1.04. The molecule has 1 aliphatic rings. The Balaban J connectivity index is 2.14. The standard InChI is InChI=1S/C17H23N3O2/c1-2-3-4-5-6-20-14-15(11-16(12-18)17(20)21)13-19-7-9-22-10-8-19/h3-4,11,14H,2,5-10,13H2,1H3/b4-3+. The lowest BCUT2D eigenvalue weighted by Gasteiger charge is -2.26. The minimum Gasteiger partial charge on any atom is -0.379 e. The van der Waals surface area contributed by atoms with Crippen molar-refractivity contribution in [1.29, 1.82) is 5.26 Å². The molecule has 1 fully saturated rings. The molecule has 0 bridgehead atoms. The summed E-state index contributed by atoms with van der Waals surface area (Å²) in [5.74, 6) is 0. The third-order valence-corrected chi connectivity index (χ3v) is 3.71. The molecule has 118 valence electrons. The first-order valence-corrected chi connectivity index (χ1v) is 7.83. The summed E-state index contributed by atoms with van der Waals surface area (Å²) in [6.45, 7) is 6.71. The van der Waals surface area contributed by atoms with E-state index in [2.05, 4.69) is 24.0 Å². The van der Waals surface area contributed by atoms with Crippen LogP contribution in [0.4, 0.5) is 0 Å². The highest BCUT2D eigenvalue weighted by Gasteiger charge is 2.13. The molecule has 1 saturated heterocycles. The molecule has 5 nitrogen and oxygen atoms in total. The molecular weight excluding hydrogens is 278 g/mol. The van der Waals surface area contributed by atoms with Crippen LogP contribution in [0.3, 0.4) is 0 Å². The first-order chi connectivity index (χ1) is 10.7. The monoisotopic (exact) mass is 301 g/mol. The Morgan fingerprint density at radius 2 is 2.14 bits per heavy atom. The normalized spacial score (nSPS) is 16.0. The van der Waals surface area contributed by atoms with Crippen molar-refractivity contribution in [3.63, 3.8) is 0 Å². The molecule has 0 spiro atoms. The summed E-state index contributed by atoms with van der Waals surface area (Å²) in [6, 6.07) is 3.74. The fourth-order valence-electron chi connectivity index (χ4n) is 2.55. The van der Waals surface area contributed by atoms with Gasteiger partial charge in [0.2, 0.25) is 0 Å². The largest absolute Gasteiger partial charge is 0.379 e. The third-order valence-electron chi connectivity index (χ3n) is 3.71. The van der Waals surface area contributed by atoms with E-state index in [1.54, 1.807) is 10.6 Å². The molecule has 2 rings (SSSR count). The van der Waals surface area contributed by atoms with Gasteiger partial charge in [0.05, 0.1) is 13.2 Å². The molecule has 0 N–H and O–H groups in total. The molecule has 0 aromatic carbocycles. The highest BCUT2D eigenvalue weighted by atomic mass is 16.5. The van der Waals surface area contributed by atoms with Gasteiger partial charge in [0, 0.05) is 32.4 Å². The van der Waals surface area contributed by atoms with Crippen LogP contribution in [0.2, 0.25) is 0 Å². The summed E-state index contributed by atoms with van der Waals surface area (Å²) in [4.78, 5) is 14.5.